The average Bonchev–Trinajstić information content (AvgIpc) is 3.29. The van der Waals surface area contributed by atoms with Crippen molar-refractivity contribution in [2.75, 3.05) is 31.1 Å². The fourth-order valence-corrected chi connectivity index (χ4v) is 3.67. The number of ether oxygens (including phenoxy) is 1. The molecule has 2 aliphatic heterocycles. The summed E-state index contributed by atoms with van der Waals surface area (Å²) in [4.78, 5) is 20.4. The molecule has 2 fully saturated rings. The highest BCUT2D eigenvalue weighted by atomic mass is 16.6. The zero-order valence-corrected chi connectivity index (χ0v) is 15.4. The van der Waals surface area contributed by atoms with E-state index in [0.29, 0.717) is 11.8 Å². The summed E-state index contributed by atoms with van der Waals surface area (Å²) in [6.45, 7) is 8.97. The van der Waals surface area contributed by atoms with Crippen molar-refractivity contribution in [1.29, 1.82) is 0 Å². The van der Waals surface area contributed by atoms with Crippen LogP contribution < -0.4 is 4.90 Å². The molecule has 2 atom stereocenters. The van der Waals surface area contributed by atoms with E-state index in [0.717, 1.165) is 37.8 Å². The summed E-state index contributed by atoms with van der Waals surface area (Å²) in [5.74, 6) is 2.55. The number of aromatic nitrogens is 4. The van der Waals surface area contributed by atoms with Gasteiger partial charge in [0.25, 0.3) is 0 Å². The van der Waals surface area contributed by atoms with Gasteiger partial charge in [0.05, 0.1) is 0 Å². The minimum atomic E-state index is -0.451. The van der Waals surface area contributed by atoms with Crippen molar-refractivity contribution in [2.45, 2.75) is 26.4 Å². The second kappa shape index (κ2) is 6.26. The molecular weight excluding hydrogens is 332 g/mol. The van der Waals surface area contributed by atoms with Gasteiger partial charge < -0.3 is 14.5 Å². The Morgan fingerprint density at radius 1 is 1.08 bits per heavy atom. The zero-order chi connectivity index (χ0) is 18.3. The summed E-state index contributed by atoms with van der Waals surface area (Å²) in [7, 11) is 0. The van der Waals surface area contributed by atoms with Crippen LogP contribution in [-0.2, 0) is 4.74 Å². The Kier molecular flexibility index (Phi) is 4.05. The molecule has 4 heterocycles. The Bertz CT molecular complexity index is 754. The first-order valence-electron chi connectivity index (χ1n) is 8.94. The molecule has 2 saturated heterocycles. The van der Waals surface area contributed by atoms with Crippen LogP contribution in [-0.4, -0.2) is 62.5 Å². The van der Waals surface area contributed by atoms with Crippen LogP contribution in [0.3, 0.4) is 0 Å². The summed E-state index contributed by atoms with van der Waals surface area (Å²) in [5, 5.41) is 8.66. The number of amides is 1. The molecule has 0 radical (unpaired) electrons. The van der Waals surface area contributed by atoms with Crippen molar-refractivity contribution in [3.63, 3.8) is 0 Å². The van der Waals surface area contributed by atoms with E-state index in [9.17, 15) is 4.79 Å². The molecule has 0 aliphatic carbocycles. The van der Waals surface area contributed by atoms with E-state index >= 15 is 0 Å². The van der Waals surface area contributed by atoms with Gasteiger partial charge in [-0.15, -0.1) is 10.2 Å². The molecule has 4 rings (SSSR count). The second-order valence-electron chi connectivity index (χ2n) is 8.03. The first kappa shape index (κ1) is 16.8. The lowest BCUT2D eigenvalue weighted by molar-refractivity contribution is 0.0282. The molecule has 1 amide bonds. The number of nitrogens with zero attached hydrogens (tertiary/aromatic N) is 6. The van der Waals surface area contributed by atoms with E-state index in [4.69, 9.17) is 4.74 Å². The molecule has 2 aliphatic rings. The normalized spacial score (nSPS) is 22.6. The van der Waals surface area contributed by atoms with Crippen LogP contribution in [0.2, 0.25) is 0 Å². The number of carbonyl (C=O) groups excluding carboxylic acids is 1. The molecule has 8 nitrogen and oxygen atoms in total. The Labute approximate surface area is 152 Å². The molecule has 8 heteroatoms. The molecule has 138 valence electrons. The van der Waals surface area contributed by atoms with Crippen molar-refractivity contribution in [3.8, 4) is 5.82 Å². The van der Waals surface area contributed by atoms with Crippen LogP contribution in [0.4, 0.5) is 10.6 Å². The van der Waals surface area contributed by atoms with E-state index in [2.05, 4.69) is 20.1 Å². The predicted octanol–water partition coefficient (Wildman–Crippen LogP) is 1.97. The Hall–Kier alpha value is -2.64. The minimum Gasteiger partial charge on any atom is -0.444 e. The number of hydrogen-bond donors (Lipinski definition) is 0. The van der Waals surface area contributed by atoms with Gasteiger partial charge in [-0.05, 0) is 32.9 Å². The summed E-state index contributed by atoms with van der Waals surface area (Å²) < 4.78 is 7.32. The molecule has 0 aromatic carbocycles. The maximum atomic E-state index is 12.3. The van der Waals surface area contributed by atoms with Crippen molar-refractivity contribution in [1.82, 2.24) is 24.6 Å². The van der Waals surface area contributed by atoms with Gasteiger partial charge in [0.1, 0.15) is 11.9 Å². The molecule has 2 aromatic heterocycles. The number of imidazole rings is 1. The van der Waals surface area contributed by atoms with Gasteiger partial charge in [0.15, 0.2) is 11.6 Å². The number of rotatable bonds is 2. The SMILES string of the molecule is CC(C)(C)OC(=O)N1C[C@@H]2CN(c3ccc(-n4ccnc4)nn3)C[C@@H]2C1. The monoisotopic (exact) mass is 356 g/mol. The number of likely N-dealkylation sites (tertiary alicyclic amines) is 1. The quantitative estimate of drug-likeness (QED) is 0.819. The zero-order valence-electron chi connectivity index (χ0n) is 15.4. The fraction of sp³-hybridized carbons (Fsp3) is 0.556. The molecule has 0 spiro atoms. The van der Waals surface area contributed by atoms with E-state index in [1.54, 1.807) is 12.5 Å². The Balaban J connectivity index is 1.37. The van der Waals surface area contributed by atoms with Crippen LogP contribution >= 0.6 is 0 Å². The third-order valence-electron chi connectivity index (χ3n) is 4.87. The van der Waals surface area contributed by atoms with Gasteiger partial charge in [-0.1, -0.05) is 0 Å². The standard InChI is InChI=1S/C18H24N6O2/c1-18(2,3)26-17(25)24-10-13-8-23(9-14(13)11-24)16-5-4-15(20-21-16)22-7-6-19-12-22/h4-7,12-14H,8-11H2,1-3H3/t13-,14+. The van der Waals surface area contributed by atoms with Gasteiger partial charge in [-0.2, -0.15) is 0 Å². The van der Waals surface area contributed by atoms with E-state index in [1.807, 2.05) is 48.6 Å². The van der Waals surface area contributed by atoms with Crippen molar-refractivity contribution >= 4 is 11.9 Å². The van der Waals surface area contributed by atoms with Gasteiger partial charge >= 0.3 is 6.09 Å². The summed E-state index contributed by atoms with van der Waals surface area (Å²) >= 11 is 0. The topological polar surface area (TPSA) is 76.4 Å². The Morgan fingerprint density at radius 3 is 2.27 bits per heavy atom. The van der Waals surface area contributed by atoms with E-state index < -0.39 is 5.60 Å². The van der Waals surface area contributed by atoms with Crippen LogP contribution in [0.25, 0.3) is 5.82 Å². The van der Waals surface area contributed by atoms with Gasteiger partial charge in [-0.3, -0.25) is 4.57 Å². The first-order valence-corrected chi connectivity index (χ1v) is 8.94. The minimum absolute atomic E-state index is 0.206. The molecule has 26 heavy (non-hydrogen) atoms. The maximum absolute atomic E-state index is 12.3. The van der Waals surface area contributed by atoms with Crippen molar-refractivity contribution in [2.24, 2.45) is 11.8 Å². The highest BCUT2D eigenvalue weighted by Gasteiger charge is 2.43. The van der Waals surface area contributed by atoms with Crippen LogP contribution in [0.1, 0.15) is 20.8 Å². The lowest BCUT2D eigenvalue weighted by Crippen LogP contribution is -2.37. The lowest BCUT2D eigenvalue weighted by atomic mass is 10.0. The maximum Gasteiger partial charge on any atom is 0.410 e. The Morgan fingerprint density at radius 2 is 1.73 bits per heavy atom. The number of fused-ring (bicyclic) bond motifs is 1. The lowest BCUT2D eigenvalue weighted by Gasteiger charge is -2.26. The van der Waals surface area contributed by atoms with Crippen LogP contribution in [0.5, 0.6) is 0 Å². The van der Waals surface area contributed by atoms with Gasteiger partial charge in [-0.25, -0.2) is 9.78 Å². The summed E-state index contributed by atoms with van der Waals surface area (Å²) in [6.07, 6.45) is 5.06. The summed E-state index contributed by atoms with van der Waals surface area (Å²) in [5.41, 5.74) is -0.451. The van der Waals surface area contributed by atoms with Gasteiger partial charge in [0, 0.05) is 50.4 Å². The molecule has 0 saturated carbocycles. The third-order valence-corrected chi connectivity index (χ3v) is 4.87. The third kappa shape index (κ3) is 3.36. The highest BCUT2D eigenvalue weighted by Crippen LogP contribution is 2.33. The van der Waals surface area contributed by atoms with Gasteiger partial charge in [0.2, 0.25) is 0 Å². The molecule has 0 unspecified atom stereocenters. The molecule has 0 bridgehead atoms. The summed E-state index contributed by atoms with van der Waals surface area (Å²) in [6, 6.07) is 3.94. The predicted molar refractivity (Wildman–Crippen MR) is 96.2 cm³/mol. The van der Waals surface area contributed by atoms with E-state index in [-0.39, 0.29) is 6.09 Å². The number of anilines is 1. The second-order valence-corrected chi connectivity index (χ2v) is 8.03. The van der Waals surface area contributed by atoms with Crippen molar-refractivity contribution in [3.05, 3.63) is 30.9 Å². The largest absolute Gasteiger partial charge is 0.444 e. The average molecular weight is 356 g/mol. The molecule has 2 aromatic rings. The molecule has 0 N–H and O–H groups in total. The number of carbonyl (C=O) groups is 1. The smallest absolute Gasteiger partial charge is 0.410 e. The highest BCUT2D eigenvalue weighted by molar-refractivity contribution is 5.68. The molecular formula is C18H24N6O2. The fourth-order valence-electron chi connectivity index (χ4n) is 3.67. The van der Waals surface area contributed by atoms with Crippen molar-refractivity contribution < 1.29 is 9.53 Å². The van der Waals surface area contributed by atoms with Crippen LogP contribution in [0, 0.1) is 11.8 Å². The first-order chi connectivity index (χ1) is 12.4. The van der Waals surface area contributed by atoms with Crippen LogP contribution in [0.15, 0.2) is 30.9 Å². The van der Waals surface area contributed by atoms with E-state index in [1.165, 1.54) is 0 Å². The number of hydrogen-bond acceptors (Lipinski definition) is 6.